The van der Waals surface area contributed by atoms with E-state index < -0.39 is 41.1 Å². The molecule has 3 rings (SSSR count). The Morgan fingerprint density at radius 3 is 2.16 bits per heavy atom. The number of hydrogen-bond acceptors (Lipinski definition) is 3. The van der Waals surface area contributed by atoms with E-state index in [4.69, 9.17) is 4.74 Å². The lowest BCUT2D eigenvalue weighted by Crippen LogP contribution is -2.32. The summed E-state index contributed by atoms with van der Waals surface area (Å²) in [6, 6.07) is 9.89. The number of nitrogens with one attached hydrogen (secondary N) is 1. The lowest BCUT2D eigenvalue weighted by molar-refractivity contribution is -0.139. The maximum atomic E-state index is 13.6. The average molecular weight is 454 g/mol. The zero-order valence-electron chi connectivity index (χ0n) is 16.5. The first kappa shape index (κ1) is 23.1. The summed E-state index contributed by atoms with van der Waals surface area (Å²) in [4.78, 5) is 16.7. The van der Waals surface area contributed by atoms with Gasteiger partial charge < -0.3 is 10.1 Å². The minimum absolute atomic E-state index is 0.00884. The van der Waals surface area contributed by atoms with Crippen LogP contribution in [0.2, 0.25) is 0 Å². The van der Waals surface area contributed by atoms with E-state index in [9.17, 15) is 31.1 Å². The molecule has 0 saturated carbocycles. The van der Waals surface area contributed by atoms with Gasteiger partial charge in [0.05, 0.1) is 35.5 Å². The van der Waals surface area contributed by atoms with Crippen LogP contribution in [-0.4, -0.2) is 18.0 Å². The van der Waals surface area contributed by atoms with Crippen LogP contribution in [0.1, 0.15) is 38.8 Å². The zero-order valence-corrected chi connectivity index (χ0v) is 16.5. The first-order chi connectivity index (χ1) is 15.0. The van der Waals surface area contributed by atoms with E-state index in [2.05, 4.69) is 10.3 Å². The molecule has 1 aromatic heterocycles. The third-order valence-corrected chi connectivity index (χ3v) is 4.62. The number of para-hydroxylation sites is 1. The predicted octanol–water partition coefficient (Wildman–Crippen LogP) is 5.65. The second-order valence-corrected chi connectivity index (χ2v) is 6.66. The van der Waals surface area contributed by atoms with Gasteiger partial charge in [-0.05, 0) is 42.0 Å². The molecule has 10 heteroatoms. The lowest BCUT2D eigenvalue weighted by atomic mass is 9.97. The van der Waals surface area contributed by atoms with Crippen molar-refractivity contribution in [3.05, 3.63) is 94.8 Å². The molecule has 0 spiro atoms. The molecule has 1 amide bonds. The van der Waals surface area contributed by atoms with E-state index in [1.54, 1.807) is 6.07 Å². The summed E-state index contributed by atoms with van der Waals surface area (Å²) in [5, 5.41) is 2.45. The molecule has 0 saturated heterocycles. The molecular formula is C22H16F6N2O2. The Hall–Kier alpha value is -3.56. The Kier molecular flexibility index (Phi) is 6.42. The maximum absolute atomic E-state index is 13.6. The number of methoxy groups -OCH3 is 1. The third-order valence-electron chi connectivity index (χ3n) is 4.62. The Balaban J connectivity index is 2.10. The van der Waals surface area contributed by atoms with Crippen molar-refractivity contribution in [2.75, 3.05) is 7.11 Å². The molecule has 32 heavy (non-hydrogen) atoms. The molecule has 0 fully saturated rings. The van der Waals surface area contributed by atoms with Crippen LogP contribution in [0.25, 0.3) is 0 Å². The molecule has 1 N–H and O–H groups in total. The maximum Gasteiger partial charge on any atom is 0.418 e. The fourth-order valence-electron chi connectivity index (χ4n) is 3.10. The summed E-state index contributed by atoms with van der Waals surface area (Å²) in [6.45, 7) is 0. The molecule has 0 aliphatic carbocycles. The second kappa shape index (κ2) is 8.89. The van der Waals surface area contributed by atoms with Crippen molar-refractivity contribution in [1.29, 1.82) is 0 Å². The molecule has 0 radical (unpaired) electrons. The number of benzene rings is 2. The van der Waals surface area contributed by atoms with Gasteiger partial charge in [0.2, 0.25) is 0 Å². The SMILES string of the molecule is COc1ccccc1C(=O)N[C@@H](c1ccc(C(F)(F)F)cc1)c1ncccc1C(F)(F)F. The fraction of sp³-hybridized carbons (Fsp3) is 0.182. The highest BCUT2D eigenvalue weighted by Crippen LogP contribution is 2.37. The number of halogens is 6. The molecule has 168 valence electrons. The summed E-state index contributed by atoms with van der Waals surface area (Å²) in [6.07, 6.45) is -8.32. The Labute approximate surface area is 178 Å². The third kappa shape index (κ3) is 5.01. The smallest absolute Gasteiger partial charge is 0.418 e. The summed E-state index contributed by atoms with van der Waals surface area (Å²) >= 11 is 0. The number of amides is 1. The van der Waals surface area contributed by atoms with Crippen LogP contribution in [0.3, 0.4) is 0 Å². The first-order valence-electron chi connectivity index (χ1n) is 9.15. The molecule has 0 aliphatic heterocycles. The van der Waals surface area contributed by atoms with E-state index in [1.165, 1.54) is 25.3 Å². The van der Waals surface area contributed by atoms with Crippen LogP contribution >= 0.6 is 0 Å². The van der Waals surface area contributed by atoms with Crippen LogP contribution < -0.4 is 10.1 Å². The largest absolute Gasteiger partial charge is 0.496 e. The van der Waals surface area contributed by atoms with Gasteiger partial charge in [-0.3, -0.25) is 9.78 Å². The van der Waals surface area contributed by atoms with Crippen molar-refractivity contribution in [2.24, 2.45) is 0 Å². The average Bonchev–Trinajstić information content (AvgIpc) is 2.76. The van der Waals surface area contributed by atoms with Crippen LogP contribution in [-0.2, 0) is 12.4 Å². The summed E-state index contributed by atoms with van der Waals surface area (Å²) in [5.41, 5.74) is -2.62. The molecule has 2 aromatic carbocycles. The van der Waals surface area contributed by atoms with Gasteiger partial charge in [-0.15, -0.1) is 0 Å². The molecule has 1 heterocycles. The number of nitrogens with zero attached hydrogens (tertiary/aromatic N) is 1. The van der Waals surface area contributed by atoms with Crippen molar-refractivity contribution < 1.29 is 35.9 Å². The van der Waals surface area contributed by atoms with Crippen molar-refractivity contribution >= 4 is 5.91 Å². The van der Waals surface area contributed by atoms with E-state index >= 15 is 0 Å². The van der Waals surface area contributed by atoms with E-state index in [1.807, 2.05) is 0 Å². The minimum Gasteiger partial charge on any atom is -0.496 e. The molecule has 0 bridgehead atoms. The first-order valence-corrected chi connectivity index (χ1v) is 9.15. The van der Waals surface area contributed by atoms with Gasteiger partial charge >= 0.3 is 12.4 Å². The van der Waals surface area contributed by atoms with E-state index in [-0.39, 0.29) is 16.9 Å². The number of hydrogen-bond donors (Lipinski definition) is 1. The molecular weight excluding hydrogens is 438 g/mol. The molecule has 0 unspecified atom stereocenters. The number of ether oxygens (including phenoxy) is 1. The highest BCUT2D eigenvalue weighted by molar-refractivity contribution is 5.97. The standard InChI is InChI=1S/C22H16F6N2O2/c1-32-17-7-3-2-5-15(17)20(31)30-18(13-8-10-14(11-9-13)21(23,24)25)19-16(22(26,27)28)6-4-12-29-19/h2-12,18H,1H3,(H,30,31)/t18-/m0/s1. The monoisotopic (exact) mass is 454 g/mol. The normalized spacial score (nSPS) is 12.8. The molecule has 4 nitrogen and oxygen atoms in total. The van der Waals surface area contributed by atoms with Crippen molar-refractivity contribution in [3.8, 4) is 5.75 Å². The van der Waals surface area contributed by atoms with Gasteiger partial charge in [0.1, 0.15) is 5.75 Å². The van der Waals surface area contributed by atoms with Crippen LogP contribution in [0.5, 0.6) is 5.75 Å². The molecule has 3 aromatic rings. The van der Waals surface area contributed by atoms with E-state index in [0.29, 0.717) is 0 Å². The summed E-state index contributed by atoms with van der Waals surface area (Å²) in [7, 11) is 1.32. The second-order valence-electron chi connectivity index (χ2n) is 6.66. The summed E-state index contributed by atoms with van der Waals surface area (Å²) in [5.74, 6) is -0.612. The minimum atomic E-state index is -4.80. The van der Waals surface area contributed by atoms with Gasteiger partial charge in [-0.2, -0.15) is 26.3 Å². The fourth-order valence-corrected chi connectivity index (χ4v) is 3.10. The van der Waals surface area contributed by atoms with Gasteiger partial charge in [-0.25, -0.2) is 0 Å². The highest BCUT2D eigenvalue weighted by atomic mass is 19.4. The quantitative estimate of drug-likeness (QED) is 0.507. The Bertz CT molecular complexity index is 1090. The molecule has 0 aliphatic rings. The van der Waals surface area contributed by atoms with Gasteiger partial charge in [-0.1, -0.05) is 24.3 Å². The number of carbonyl (C=O) groups excluding carboxylic acids is 1. The number of pyridine rings is 1. The number of aromatic nitrogens is 1. The van der Waals surface area contributed by atoms with E-state index in [0.717, 1.165) is 42.6 Å². The zero-order chi connectivity index (χ0) is 23.5. The Morgan fingerprint density at radius 1 is 0.906 bits per heavy atom. The topological polar surface area (TPSA) is 51.2 Å². The predicted molar refractivity (Wildman–Crippen MR) is 103 cm³/mol. The summed E-state index contributed by atoms with van der Waals surface area (Å²) < 4.78 is 84.7. The van der Waals surface area contributed by atoms with Crippen LogP contribution in [0.15, 0.2) is 66.9 Å². The number of rotatable bonds is 5. The van der Waals surface area contributed by atoms with Crippen LogP contribution in [0.4, 0.5) is 26.3 Å². The molecule has 1 atom stereocenters. The number of carbonyl (C=O) groups is 1. The van der Waals surface area contributed by atoms with Crippen molar-refractivity contribution in [1.82, 2.24) is 10.3 Å². The van der Waals surface area contributed by atoms with Crippen molar-refractivity contribution in [3.63, 3.8) is 0 Å². The van der Waals surface area contributed by atoms with Crippen molar-refractivity contribution in [2.45, 2.75) is 18.4 Å². The lowest BCUT2D eigenvalue weighted by Gasteiger charge is -2.23. The number of alkyl halides is 6. The van der Waals surface area contributed by atoms with Crippen LogP contribution in [0, 0.1) is 0 Å². The van der Waals surface area contributed by atoms with Gasteiger partial charge in [0, 0.05) is 6.20 Å². The Morgan fingerprint density at radius 2 is 1.56 bits per heavy atom. The highest BCUT2D eigenvalue weighted by Gasteiger charge is 2.37. The van der Waals surface area contributed by atoms with Gasteiger partial charge in [0.15, 0.2) is 0 Å². The van der Waals surface area contributed by atoms with Gasteiger partial charge in [0.25, 0.3) is 5.91 Å².